The summed E-state index contributed by atoms with van der Waals surface area (Å²) in [5.41, 5.74) is 3.37. The molecule has 0 bridgehead atoms. The third kappa shape index (κ3) is 4.95. The lowest BCUT2D eigenvalue weighted by Gasteiger charge is -2.17. The Hall–Kier alpha value is -3.30. The zero-order valence-corrected chi connectivity index (χ0v) is 20.3. The molecular weight excluding hydrogens is 464 g/mol. The van der Waals surface area contributed by atoms with Gasteiger partial charge in [-0.3, -0.25) is 9.20 Å². The van der Waals surface area contributed by atoms with E-state index in [1.807, 2.05) is 88.1 Å². The van der Waals surface area contributed by atoms with Crippen LogP contribution in [0.4, 0.5) is 0 Å². The van der Waals surface area contributed by atoms with E-state index < -0.39 is 0 Å². The molecule has 0 saturated carbocycles. The Morgan fingerprint density at radius 2 is 1.79 bits per heavy atom. The normalized spacial score (nSPS) is 12.3. The van der Waals surface area contributed by atoms with Gasteiger partial charge in [0.05, 0.1) is 11.7 Å². The Morgan fingerprint density at radius 1 is 1.00 bits per heavy atom. The van der Waals surface area contributed by atoms with E-state index >= 15 is 0 Å². The summed E-state index contributed by atoms with van der Waals surface area (Å²) in [6.45, 7) is 0. The van der Waals surface area contributed by atoms with Crippen LogP contribution in [0.5, 0.6) is 0 Å². The molecule has 0 aliphatic carbocycles. The predicted octanol–water partition coefficient (Wildman–Crippen LogP) is 4.89. The highest BCUT2D eigenvalue weighted by Gasteiger charge is 2.21. The van der Waals surface area contributed by atoms with Crippen molar-refractivity contribution in [3.05, 3.63) is 96.3 Å². The van der Waals surface area contributed by atoms with Gasteiger partial charge in [-0.1, -0.05) is 12.1 Å². The molecule has 1 amide bonds. The standard InChI is InChI=1S/C25H24N6OS2/c1-33-15-12-21(24-29-28-23-7-3-5-14-31(23)24)27-25(32)18-8-10-20(11-9-18)34-17-19-16-30-13-4-2-6-22(30)26-19/h2-11,13-14,16,21H,12,15,17H2,1H3,(H,27,32). The molecule has 0 fully saturated rings. The van der Waals surface area contributed by atoms with Crippen LogP contribution in [-0.4, -0.2) is 41.9 Å². The van der Waals surface area contributed by atoms with Crippen molar-refractivity contribution in [1.29, 1.82) is 0 Å². The minimum absolute atomic E-state index is 0.115. The molecular formula is C25H24N6OS2. The first-order valence-corrected chi connectivity index (χ1v) is 13.3. The molecule has 172 valence electrons. The third-order valence-electron chi connectivity index (χ3n) is 5.48. The molecule has 1 aromatic carbocycles. The van der Waals surface area contributed by atoms with Gasteiger partial charge in [-0.25, -0.2) is 4.98 Å². The van der Waals surface area contributed by atoms with Gasteiger partial charge in [0.15, 0.2) is 11.5 Å². The van der Waals surface area contributed by atoms with E-state index in [4.69, 9.17) is 0 Å². The summed E-state index contributed by atoms with van der Waals surface area (Å²) in [6.07, 6.45) is 8.81. The van der Waals surface area contributed by atoms with Crippen LogP contribution in [0, 0.1) is 0 Å². The van der Waals surface area contributed by atoms with E-state index in [0.717, 1.165) is 45.6 Å². The minimum atomic E-state index is -0.221. The molecule has 0 aliphatic heterocycles. The maximum absolute atomic E-state index is 13.0. The van der Waals surface area contributed by atoms with E-state index in [1.165, 1.54) is 0 Å². The zero-order valence-electron chi connectivity index (χ0n) is 18.7. The molecule has 4 aromatic heterocycles. The molecule has 5 rings (SSSR count). The summed E-state index contributed by atoms with van der Waals surface area (Å²) in [5, 5.41) is 11.8. The summed E-state index contributed by atoms with van der Waals surface area (Å²) in [4.78, 5) is 18.8. The number of hydrogen-bond acceptors (Lipinski definition) is 6. The molecule has 7 nitrogen and oxygen atoms in total. The molecule has 9 heteroatoms. The predicted molar refractivity (Wildman–Crippen MR) is 137 cm³/mol. The first-order valence-electron chi connectivity index (χ1n) is 11.0. The van der Waals surface area contributed by atoms with E-state index in [-0.39, 0.29) is 11.9 Å². The van der Waals surface area contributed by atoms with Gasteiger partial charge in [0.1, 0.15) is 5.65 Å². The first-order chi connectivity index (χ1) is 16.7. The summed E-state index contributed by atoms with van der Waals surface area (Å²) in [6, 6.07) is 19.2. The van der Waals surface area contributed by atoms with Gasteiger partial charge < -0.3 is 9.72 Å². The number of pyridine rings is 2. The number of aromatic nitrogens is 5. The van der Waals surface area contributed by atoms with E-state index in [0.29, 0.717) is 5.56 Å². The Balaban J connectivity index is 1.25. The Labute approximate surface area is 206 Å². The lowest BCUT2D eigenvalue weighted by atomic mass is 10.1. The highest BCUT2D eigenvalue weighted by atomic mass is 32.2. The fraction of sp³-hybridized carbons (Fsp3) is 0.200. The molecule has 1 unspecified atom stereocenters. The molecule has 0 spiro atoms. The molecule has 34 heavy (non-hydrogen) atoms. The van der Waals surface area contributed by atoms with Gasteiger partial charge in [0, 0.05) is 34.8 Å². The Kier molecular flexibility index (Phi) is 6.82. The number of hydrogen-bond donors (Lipinski definition) is 1. The van der Waals surface area contributed by atoms with Crippen LogP contribution in [0.1, 0.15) is 34.3 Å². The van der Waals surface area contributed by atoms with E-state index in [1.54, 1.807) is 23.5 Å². The van der Waals surface area contributed by atoms with Crippen molar-refractivity contribution >= 4 is 40.7 Å². The SMILES string of the molecule is CSCCC(NC(=O)c1ccc(SCc2cn3ccccc3n2)cc1)c1nnc2ccccn12. The molecule has 1 atom stereocenters. The van der Waals surface area contributed by atoms with Gasteiger partial charge in [0.2, 0.25) is 0 Å². The van der Waals surface area contributed by atoms with Crippen LogP contribution >= 0.6 is 23.5 Å². The van der Waals surface area contributed by atoms with Crippen LogP contribution in [0.15, 0.2) is 84.1 Å². The quantitative estimate of drug-likeness (QED) is 0.298. The highest BCUT2D eigenvalue weighted by Crippen LogP contribution is 2.24. The lowest BCUT2D eigenvalue weighted by Crippen LogP contribution is -2.30. The third-order valence-corrected chi connectivity index (χ3v) is 7.17. The summed E-state index contributed by atoms with van der Waals surface area (Å²) >= 11 is 3.45. The molecule has 4 heterocycles. The number of thioether (sulfide) groups is 2. The average Bonchev–Trinajstić information content (AvgIpc) is 3.49. The lowest BCUT2D eigenvalue weighted by molar-refractivity contribution is 0.0933. The topological polar surface area (TPSA) is 76.6 Å². The van der Waals surface area contributed by atoms with Crippen LogP contribution in [0.3, 0.4) is 0 Å². The van der Waals surface area contributed by atoms with Crippen molar-refractivity contribution in [3.63, 3.8) is 0 Å². The van der Waals surface area contributed by atoms with Crippen molar-refractivity contribution in [2.24, 2.45) is 0 Å². The average molecular weight is 489 g/mol. The number of amides is 1. The number of rotatable bonds is 9. The summed E-state index contributed by atoms with van der Waals surface area (Å²) in [7, 11) is 0. The Morgan fingerprint density at radius 3 is 2.59 bits per heavy atom. The van der Waals surface area contributed by atoms with Crippen LogP contribution in [0.2, 0.25) is 0 Å². The second kappa shape index (κ2) is 10.3. The van der Waals surface area contributed by atoms with Crippen LogP contribution in [0.25, 0.3) is 11.3 Å². The van der Waals surface area contributed by atoms with Crippen LogP contribution in [-0.2, 0) is 5.75 Å². The van der Waals surface area contributed by atoms with E-state index in [2.05, 4.69) is 26.8 Å². The number of nitrogens with zero attached hydrogens (tertiary/aromatic N) is 5. The van der Waals surface area contributed by atoms with Crippen LogP contribution < -0.4 is 5.32 Å². The molecule has 0 aliphatic rings. The molecule has 1 N–H and O–H groups in total. The van der Waals surface area contributed by atoms with Crippen molar-refractivity contribution in [1.82, 2.24) is 29.3 Å². The van der Waals surface area contributed by atoms with Gasteiger partial charge in [-0.05, 0) is 67.0 Å². The highest BCUT2D eigenvalue weighted by molar-refractivity contribution is 7.98. The number of nitrogens with one attached hydrogen (secondary N) is 1. The Bertz CT molecular complexity index is 1380. The van der Waals surface area contributed by atoms with Gasteiger partial charge in [0.25, 0.3) is 5.91 Å². The molecule has 0 radical (unpaired) electrons. The van der Waals surface area contributed by atoms with Gasteiger partial charge in [-0.15, -0.1) is 22.0 Å². The van der Waals surface area contributed by atoms with Crippen molar-refractivity contribution in [3.8, 4) is 0 Å². The smallest absolute Gasteiger partial charge is 0.251 e. The monoisotopic (exact) mass is 488 g/mol. The summed E-state index contributed by atoms with van der Waals surface area (Å²) < 4.78 is 3.96. The number of fused-ring (bicyclic) bond motifs is 2. The molecule has 0 saturated heterocycles. The zero-order chi connectivity index (χ0) is 23.3. The number of imidazole rings is 1. The fourth-order valence-electron chi connectivity index (χ4n) is 3.76. The number of carbonyl (C=O) groups excluding carboxylic acids is 1. The minimum Gasteiger partial charge on any atom is -0.342 e. The second-order valence-corrected chi connectivity index (χ2v) is 9.84. The van der Waals surface area contributed by atoms with Gasteiger partial charge in [-0.2, -0.15) is 11.8 Å². The van der Waals surface area contributed by atoms with Crippen molar-refractivity contribution in [2.45, 2.75) is 23.1 Å². The fourth-order valence-corrected chi connectivity index (χ4v) is 5.01. The summed E-state index contributed by atoms with van der Waals surface area (Å²) in [5.74, 6) is 2.31. The molecule has 5 aromatic rings. The van der Waals surface area contributed by atoms with Gasteiger partial charge >= 0.3 is 0 Å². The van der Waals surface area contributed by atoms with Crippen molar-refractivity contribution in [2.75, 3.05) is 12.0 Å². The van der Waals surface area contributed by atoms with Crippen molar-refractivity contribution < 1.29 is 4.79 Å². The van der Waals surface area contributed by atoms with E-state index in [9.17, 15) is 4.79 Å². The number of carbonyl (C=O) groups is 1. The maximum atomic E-state index is 13.0. The largest absolute Gasteiger partial charge is 0.342 e. The maximum Gasteiger partial charge on any atom is 0.251 e. The second-order valence-electron chi connectivity index (χ2n) is 7.81. The first kappa shape index (κ1) is 22.5. The number of benzene rings is 1.